The number of pyridine rings is 1. The summed E-state index contributed by atoms with van der Waals surface area (Å²) in [5.74, 6) is -0.235. The van der Waals surface area contributed by atoms with Crippen molar-refractivity contribution in [2.75, 3.05) is 39.4 Å². The Morgan fingerprint density at radius 2 is 1.91 bits per heavy atom. The first-order valence-corrected chi connectivity index (χ1v) is 13.3. The molecular formula is C27H42N4O4. The number of carbonyl (C=O) groups excluding carboxylic acids is 2. The van der Waals surface area contributed by atoms with E-state index in [9.17, 15) is 14.7 Å². The van der Waals surface area contributed by atoms with Gasteiger partial charge in [0, 0.05) is 56.1 Å². The van der Waals surface area contributed by atoms with Crippen LogP contribution in [0.3, 0.4) is 0 Å². The van der Waals surface area contributed by atoms with Crippen LogP contribution in [0.25, 0.3) is 0 Å². The van der Waals surface area contributed by atoms with Crippen LogP contribution in [-0.2, 0) is 9.53 Å². The quantitative estimate of drug-likeness (QED) is 0.545. The molecule has 0 bridgehead atoms. The first-order chi connectivity index (χ1) is 16.8. The number of nitrogens with zero attached hydrogens (tertiary/aromatic N) is 2. The summed E-state index contributed by atoms with van der Waals surface area (Å²) < 4.78 is 5.39. The van der Waals surface area contributed by atoms with Gasteiger partial charge in [0.25, 0.3) is 5.91 Å². The minimum Gasteiger partial charge on any atom is -0.392 e. The third-order valence-electron chi connectivity index (χ3n) is 9.03. The van der Waals surface area contributed by atoms with Gasteiger partial charge in [-0.25, -0.2) is 0 Å². The van der Waals surface area contributed by atoms with Gasteiger partial charge in [0.15, 0.2) is 0 Å². The van der Waals surface area contributed by atoms with Crippen LogP contribution in [0.15, 0.2) is 24.5 Å². The SMILES string of the molecule is C[C@H]1[C@@H]2[C@@H](O)C([C@H](C)C(=O)NCCN3CCOCC3)CC[C@@]2(C)CC[C@@H]1NC(=O)c1ccncc1. The van der Waals surface area contributed by atoms with Gasteiger partial charge in [-0.3, -0.25) is 19.5 Å². The van der Waals surface area contributed by atoms with E-state index < -0.39 is 6.10 Å². The molecule has 1 saturated heterocycles. The fourth-order valence-electron chi connectivity index (χ4n) is 6.77. The summed E-state index contributed by atoms with van der Waals surface area (Å²) in [6.07, 6.45) is 6.41. The van der Waals surface area contributed by atoms with E-state index in [1.165, 1.54) is 0 Å². The molecule has 0 radical (unpaired) electrons. The Labute approximate surface area is 209 Å². The number of amides is 2. The van der Waals surface area contributed by atoms with E-state index in [1.807, 2.05) is 6.92 Å². The van der Waals surface area contributed by atoms with Crippen molar-refractivity contribution in [3.63, 3.8) is 0 Å². The van der Waals surface area contributed by atoms with Crippen molar-refractivity contribution < 1.29 is 19.4 Å². The summed E-state index contributed by atoms with van der Waals surface area (Å²) in [6, 6.07) is 3.44. The maximum atomic E-state index is 13.0. The molecule has 35 heavy (non-hydrogen) atoms. The second-order valence-electron chi connectivity index (χ2n) is 11.1. The average Bonchev–Trinajstić information content (AvgIpc) is 2.86. The number of nitrogens with one attached hydrogen (secondary N) is 2. The Balaban J connectivity index is 1.36. The van der Waals surface area contributed by atoms with Crippen LogP contribution < -0.4 is 10.6 Å². The molecule has 8 nitrogen and oxygen atoms in total. The van der Waals surface area contributed by atoms with E-state index in [0.717, 1.165) is 58.5 Å². The first kappa shape index (κ1) is 26.0. The second-order valence-corrected chi connectivity index (χ2v) is 11.1. The smallest absolute Gasteiger partial charge is 0.251 e. The largest absolute Gasteiger partial charge is 0.392 e. The molecular weight excluding hydrogens is 444 g/mol. The number of carbonyl (C=O) groups is 2. The molecule has 2 saturated carbocycles. The Morgan fingerprint density at radius 3 is 2.63 bits per heavy atom. The molecule has 8 heteroatoms. The van der Waals surface area contributed by atoms with Gasteiger partial charge in [0.05, 0.1) is 19.3 Å². The summed E-state index contributed by atoms with van der Waals surface area (Å²) in [5.41, 5.74) is 0.629. The Bertz CT molecular complexity index is 862. The molecule has 4 rings (SSSR count). The molecule has 2 heterocycles. The number of ether oxygens (including phenoxy) is 1. The van der Waals surface area contributed by atoms with Gasteiger partial charge >= 0.3 is 0 Å². The molecule has 1 aromatic heterocycles. The van der Waals surface area contributed by atoms with Gasteiger partial charge in [0.1, 0.15) is 0 Å². The monoisotopic (exact) mass is 486 g/mol. The van der Waals surface area contributed by atoms with Crippen molar-refractivity contribution in [1.29, 1.82) is 0 Å². The Morgan fingerprint density at radius 1 is 1.23 bits per heavy atom. The third kappa shape index (κ3) is 5.87. The molecule has 3 aliphatic rings. The molecule has 1 aromatic rings. The number of aromatic nitrogens is 1. The number of aliphatic hydroxyl groups is 1. The van der Waals surface area contributed by atoms with Crippen LogP contribution in [0.5, 0.6) is 0 Å². The molecule has 0 spiro atoms. The predicted molar refractivity (Wildman–Crippen MR) is 134 cm³/mol. The lowest BCUT2D eigenvalue weighted by molar-refractivity contribution is -0.142. The molecule has 194 valence electrons. The van der Waals surface area contributed by atoms with Gasteiger partial charge < -0.3 is 20.5 Å². The van der Waals surface area contributed by atoms with Crippen LogP contribution >= 0.6 is 0 Å². The van der Waals surface area contributed by atoms with Crippen molar-refractivity contribution in [1.82, 2.24) is 20.5 Å². The maximum absolute atomic E-state index is 13.0. The minimum atomic E-state index is -0.565. The normalized spacial score (nSPS) is 34.5. The third-order valence-corrected chi connectivity index (χ3v) is 9.03. The lowest BCUT2D eigenvalue weighted by atomic mass is 9.51. The fourth-order valence-corrected chi connectivity index (χ4v) is 6.77. The molecule has 2 amide bonds. The number of aliphatic hydroxyl groups excluding tert-OH is 1. The van der Waals surface area contributed by atoms with Crippen molar-refractivity contribution >= 4 is 11.8 Å². The lowest BCUT2D eigenvalue weighted by Gasteiger charge is -2.56. The topological polar surface area (TPSA) is 104 Å². The molecule has 3 N–H and O–H groups in total. The summed E-state index contributed by atoms with van der Waals surface area (Å²) >= 11 is 0. The number of hydrogen-bond donors (Lipinski definition) is 3. The summed E-state index contributed by atoms with van der Waals surface area (Å²) in [7, 11) is 0. The van der Waals surface area contributed by atoms with Crippen molar-refractivity contribution in [2.45, 2.75) is 58.6 Å². The highest BCUT2D eigenvalue weighted by Gasteiger charge is 2.53. The highest BCUT2D eigenvalue weighted by Crippen LogP contribution is 2.55. The minimum absolute atomic E-state index is 0.000189. The highest BCUT2D eigenvalue weighted by molar-refractivity contribution is 5.94. The Kier molecular flexibility index (Phi) is 8.45. The lowest BCUT2D eigenvalue weighted by Crippen LogP contribution is -2.58. The van der Waals surface area contributed by atoms with Crippen molar-refractivity contribution in [3.8, 4) is 0 Å². The molecule has 3 fully saturated rings. The number of fused-ring (bicyclic) bond motifs is 1. The summed E-state index contributed by atoms with van der Waals surface area (Å²) in [6.45, 7) is 11.1. The molecule has 2 aliphatic carbocycles. The highest BCUT2D eigenvalue weighted by atomic mass is 16.5. The van der Waals surface area contributed by atoms with Crippen LogP contribution in [-0.4, -0.2) is 78.3 Å². The standard InChI is InChI=1S/C27H42N4O4/c1-18(25(33)29-12-13-31-14-16-35-17-15-31)21-4-8-27(3)9-5-22(19(2)23(27)24(21)32)30-26(34)20-6-10-28-11-7-20/h6-7,10-11,18-19,21-24,32H,4-5,8-9,12-17H2,1-3H3,(H,29,33)(H,30,34)/t18-,19+,21?,22-,23+,24-,27-/m0/s1. The van der Waals surface area contributed by atoms with Gasteiger partial charge in [-0.1, -0.05) is 20.8 Å². The summed E-state index contributed by atoms with van der Waals surface area (Å²) in [5, 5.41) is 17.9. The van der Waals surface area contributed by atoms with E-state index in [2.05, 4.69) is 34.4 Å². The molecule has 1 aliphatic heterocycles. The van der Waals surface area contributed by atoms with Gasteiger partial charge in [0.2, 0.25) is 5.91 Å². The molecule has 7 atom stereocenters. The van der Waals surface area contributed by atoms with Crippen LogP contribution in [0.2, 0.25) is 0 Å². The zero-order valence-electron chi connectivity index (χ0n) is 21.4. The van der Waals surface area contributed by atoms with Gasteiger partial charge in [-0.15, -0.1) is 0 Å². The average molecular weight is 487 g/mol. The summed E-state index contributed by atoms with van der Waals surface area (Å²) in [4.78, 5) is 32.1. The van der Waals surface area contributed by atoms with E-state index in [0.29, 0.717) is 12.1 Å². The van der Waals surface area contributed by atoms with E-state index >= 15 is 0 Å². The van der Waals surface area contributed by atoms with Gasteiger partial charge in [-0.05, 0) is 61.0 Å². The molecule has 0 aromatic carbocycles. The van der Waals surface area contributed by atoms with E-state index in [-0.39, 0.29) is 46.9 Å². The maximum Gasteiger partial charge on any atom is 0.251 e. The molecule has 1 unspecified atom stereocenters. The predicted octanol–water partition coefficient (Wildman–Crippen LogP) is 2.09. The fraction of sp³-hybridized carbons (Fsp3) is 0.741. The zero-order chi connectivity index (χ0) is 25.0. The van der Waals surface area contributed by atoms with Crippen LogP contribution in [0, 0.1) is 29.1 Å². The number of morpholine rings is 1. The van der Waals surface area contributed by atoms with Gasteiger partial charge in [-0.2, -0.15) is 0 Å². The number of hydrogen-bond acceptors (Lipinski definition) is 6. The Hall–Kier alpha value is -2.03. The van der Waals surface area contributed by atoms with E-state index in [1.54, 1.807) is 24.5 Å². The second kappa shape index (κ2) is 11.4. The number of rotatable bonds is 7. The zero-order valence-corrected chi connectivity index (χ0v) is 21.4. The first-order valence-electron chi connectivity index (χ1n) is 13.3. The van der Waals surface area contributed by atoms with Crippen molar-refractivity contribution in [2.24, 2.45) is 29.1 Å². The van der Waals surface area contributed by atoms with Crippen LogP contribution in [0.1, 0.15) is 56.8 Å². The van der Waals surface area contributed by atoms with Crippen LogP contribution in [0.4, 0.5) is 0 Å². The van der Waals surface area contributed by atoms with E-state index in [4.69, 9.17) is 4.74 Å². The van der Waals surface area contributed by atoms with Crippen molar-refractivity contribution in [3.05, 3.63) is 30.1 Å².